The van der Waals surface area contributed by atoms with E-state index in [2.05, 4.69) is 5.32 Å². The van der Waals surface area contributed by atoms with Crippen molar-refractivity contribution >= 4 is 9.84 Å². The fraction of sp³-hybridized carbons (Fsp3) is 0.538. The molecule has 0 spiro atoms. The van der Waals surface area contributed by atoms with Gasteiger partial charge >= 0.3 is 0 Å². The molecule has 0 fully saturated rings. The van der Waals surface area contributed by atoms with Gasteiger partial charge in [0.25, 0.3) is 0 Å². The van der Waals surface area contributed by atoms with E-state index in [-0.39, 0.29) is 5.75 Å². The fourth-order valence-corrected chi connectivity index (χ4v) is 2.30. The summed E-state index contributed by atoms with van der Waals surface area (Å²) in [6.45, 7) is 0.870. The maximum absolute atomic E-state index is 11.0. The van der Waals surface area contributed by atoms with Crippen LogP contribution in [0.3, 0.4) is 0 Å². The monoisotopic (exact) mass is 303 g/mol. The molecule has 0 atom stereocenters. The van der Waals surface area contributed by atoms with E-state index in [0.29, 0.717) is 30.3 Å². The van der Waals surface area contributed by atoms with Crippen molar-refractivity contribution in [3.63, 3.8) is 0 Å². The lowest BCUT2D eigenvalue weighted by atomic mass is 10.1. The van der Waals surface area contributed by atoms with Gasteiger partial charge in [-0.2, -0.15) is 0 Å². The molecular formula is C13H21NO5S. The number of benzene rings is 1. The van der Waals surface area contributed by atoms with Crippen molar-refractivity contribution in [2.24, 2.45) is 0 Å². The highest BCUT2D eigenvalue weighted by Crippen LogP contribution is 2.39. The minimum atomic E-state index is -2.96. The average molecular weight is 303 g/mol. The lowest BCUT2D eigenvalue weighted by Gasteiger charge is -2.16. The molecule has 0 heterocycles. The van der Waals surface area contributed by atoms with Crippen LogP contribution in [0.1, 0.15) is 5.56 Å². The summed E-state index contributed by atoms with van der Waals surface area (Å²) < 4.78 is 37.9. The maximum Gasteiger partial charge on any atom is 0.203 e. The summed E-state index contributed by atoms with van der Waals surface area (Å²) in [5, 5.41) is 3.07. The van der Waals surface area contributed by atoms with Crippen LogP contribution in [0.25, 0.3) is 0 Å². The van der Waals surface area contributed by atoms with Crippen molar-refractivity contribution in [3.05, 3.63) is 17.7 Å². The number of nitrogens with one attached hydrogen (secondary N) is 1. The smallest absolute Gasteiger partial charge is 0.203 e. The lowest BCUT2D eigenvalue weighted by molar-refractivity contribution is 0.321. The standard InChI is InChI=1S/C13H21NO5S/c1-17-11-6-5-10(12(18-2)13(11)19-3)9-14-7-8-20(4,15)16/h5-6,14H,7-9H2,1-4H3. The summed E-state index contributed by atoms with van der Waals surface area (Å²) >= 11 is 0. The highest BCUT2D eigenvalue weighted by atomic mass is 32.2. The molecule has 0 amide bonds. The first kappa shape index (κ1) is 16.6. The molecule has 20 heavy (non-hydrogen) atoms. The Labute approximate surface area is 120 Å². The highest BCUT2D eigenvalue weighted by Gasteiger charge is 2.15. The molecule has 7 heteroatoms. The van der Waals surface area contributed by atoms with Crippen LogP contribution < -0.4 is 19.5 Å². The normalized spacial score (nSPS) is 11.2. The van der Waals surface area contributed by atoms with E-state index in [1.807, 2.05) is 6.07 Å². The van der Waals surface area contributed by atoms with E-state index in [9.17, 15) is 8.42 Å². The van der Waals surface area contributed by atoms with Crippen molar-refractivity contribution in [2.45, 2.75) is 6.54 Å². The van der Waals surface area contributed by atoms with Gasteiger partial charge in [-0.25, -0.2) is 8.42 Å². The number of hydrogen-bond donors (Lipinski definition) is 1. The van der Waals surface area contributed by atoms with E-state index < -0.39 is 9.84 Å². The summed E-state index contributed by atoms with van der Waals surface area (Å²) in [6, 6.07) is 3.64. The van der Waals surface area contributed by atoms with Crippen LogP contribution in [-0.2, 0) is 16.4 Å². The predicted octanol–water partition coefficient (Wildman–Crippen LogP) is 0.847. The van der Waals surface area contributed by atoms with Crippen LogP contribution >= 0.6 is 0 Å². The molecule has 0 aliphatic heterocycles. The van der Waals surface area contributed by atoms with Crippen LogP contribution in [0.4, 0.5) is 0 Å². The molecule has 0 saturated carbocycles. The van der Waals surface area contributed by atoms with E-state index in [4.69, 9.17) is 14.2 Å². The molecule has 1 aromatic carbocycles. The van der Waals surface area contributed by atoms with Crippen LogP contribution in [0.2, 0.25) is 0 Å². The Hall–Kier alpha value is -1.47. The van der Waals surface area contributed by atoms with Gasteiger partial charge in [-0.1, -0.05) is 6.07 Å². The Morgan fingerprint density at radius 2 is 1.70 bits per heavy atom. The second-order valence-electron chi connectivity index (χ2n) is 4.30. The Morgan fingerprint density at radius 1 is 1.05 bits per heavy atom. The maximum atomic E-state index is 11.0. The molecule has 0 unspecified atom stereocenters. The number of rotatable bonds is 8. The van der Waals surface area contributed by atoms with Gasteiger partial charge in [-0.15, -0.1) is 0 Å². The molecule has 114 valence electrons. The Morgan fingerprint density at radius 3 is 2.20 bits per heavy atom. The Bertz CT molecular complexity index is 542. The van der Waals surface area contributed by atoms with Gasteiger partial charge in [0.1, 0.15) is 9.84 Å². The molecule has 0 aromatic heterocycles. The topological polar surface area (TPSA) is 73.9 Å². The molecule has 0 aliphatic carbocycles. The van der Waals surface area contributed by atoms with Crippen LogP contribution in [0, 0.1) is 0 Å². The summed E-state index contributed by atoms with van der Waals surface area (Å²) in [5.41, 5.74) is 0.874. The van der Waals surface area contributed by atoms with Crippen LogP contribution in [0.5, 0.6) is 17.2 Å². The van der Waals surface area contributed by atoms with E-state index in [0.717, 1.165) is 5.56 Å². The summed E-state index contributed by atoms with van der Waals surface area (Å²) in [4.78, 5) is 0. The third-order valence-electron chi connectivity index (χ3n) is 2.75. The van der Waals surface area contributed by atoms with Gasteiger partial charge in [-0.05, 0) is 6.07 Å². The third-order valence-corrected chi connectivity index (χ3v) is 3.70. The predicted molar refractivity (Wildman–Crippen MR) is 77.5 cm³/mol. The van der Waals surface area contributed by atoms with Gasteiger partial charge in [0.2, 0.25) is 5.75 Å². The van der Waals surface area contributed by atoms with Crippen LogP contribution in [-0.4, -0.2) is 48.3 Å². The van der Waals surface area contributed by atoms with Crippen molar-refractivity contribution < 1.29 is 22.6 Å². The average Bonchev–Trinajstić information content (AvgIpc) is 2.41. The SMILES string of the molecule is COc1ccc(CNCCS(C)(=O)=O)c(OC)c1OC. The molecule has 0 radical (unpaired) electrons. The highest BCUT2D eigenvalue weighted by molar-refractivity contribution is 7.90. The number of ether oxygens (including phenoxy) is 3. The molecule has 1 rings (SSSR count). The quantitative estimate of drug-likeness (QED) is 0.718. The van der Waals surface area contributed by atoms with Gasteiger partial charge in [0.15, 0.2) is 11.5 Å². The van der Waals surface area contributed by atoms with E-state index in [1.54, 1.807) is 27.4 Å². The second-order valence-corrected chi connectivity index (χ2v) is 6.56. The number of sulfone groups is 1. The zero-order valence-electron chi connectivity index (χ0n) is 12.2. The van der Waals surface area contributed by atoms with Gasteiger partial charge in [0, 0.05) is 24.9 Å². The van der Waals surface area contributed by atoms with Crippen molar-refractivity contribution in [2.75, 3.05) is 39.9 Å². The molecule has 0 saturated heterocycles. The van der Waals surface area contributed by atoms with E-state index in [1.165, 1.54) is 6.26 Å². The molecule has 0 aliphatic rings. The largest absolute Gasteiger partial charge is 0.493 e. The lowest BCUT2D eigenvalue weighted by Crippen LogP contribution is -2.22. The molecule has 1 aromatic rings. The van der Waals surface area contributed by atoms with Gasteiger partial charge in [0.05, 0.1) is 27.1 Å². The fourth-order valence-electron chi connectivity index (χ4n) is 1.78. The first-order valence-electron chi connectivity index (χ1n) is 6.09. The third kappa shape index (κ3) is 4.57. The zero-order chi connectivity index (χ0) is 15.2. The van der Waals surface area contributed by atoms with Crippen molar-refractivity contribution in [1.29, 1.82) is 0 Å². The van der Waals surface area contributed by atoms with Crippen LogP contribution in [0.15, 0.2) is 12.1 Å². The van der Waals surface area contributed by atoms with Gasteiger partial charge < -0.3 is 19.5 Å². The minimum absolute atomic E-state index is 0.0998. The van der Waals surface area contributed by atoms with Crippen molar-refractivity contribution in [3.8, 4) is 17.2 Å². The molecule has 1 N–H and O–H groups in total. The Kier molecular flexibility index (Phi) is 6.09. The molecule has 6 nitrogen and oxygen atoms in total. The first-order chi connectivity index (χ1) is 9.42. The number of hydrogen-bond acceptors (Lipinski definition) is 6. The van der Waals surface area contributed by atoms with Gasteiger partial charge in [-0.3, -0.25) is 0 Å². The summed E-state index contributed by atoms with van der Waals surface area (Å²) in [7, 11) is 1.70. The second kappa shape index (κ2) is 7.35. The first-order valence-corrected chi connectivity index (χ1v) is 8.15. The van der Waals surface area contributed by atoms with Crippen molar-refractivity contribution in [1.82, 2.24) is 5.32 Å². The molecular weight excluding hydrogens is 282 g/mol. The summed E-state index contributed by atoms with van der Waals surface area (Å²) in [5.74, 6) is 1.79. The van der Waals surface area contributed by atoms with E-state index >= 15 is 0 Å². The number of methoxy groups -OCH3 is 3. The molecule has 0 bridgehead atoms. The zero-order valence-corrected chi connectivity index (χ0v) is 13.0. The Balaban J connectivity index is 2.80. The summed E-state index contributed by atoms with van der Waals surface area (Å²) in [6.07, 6.45) is 1.21. The minimum Gasteiger partial charge on any atom is -0.493 e.